The van der Waals surface area contributed by atoms with E-state index in [1.165, 1.54) is 28.7 Å². The molecule has 0 radical (unpaired) electrons. The topological polar surface area (TPSA) is 66.9 Å². The Morgan fingerprint density at radius 2 is 2.00 bits per heavy atom. The van der Waals surface area contributed by atoms with Gasteiger partial charge in [0, 0.05) is 12.2 Å². The van der Waals surface area contributed by atoms with E-state index in [0.29, 0.717) is 11.7 Å². The molecule has 7 heteroatoms. The number of thioether (sulfide) groups is 1. The van der Waals surface area contributed by atoms with Gasteiger partial charge < -0.3 is 10.6 Å². The van der Waals surface area contributed by atoms with Crippen LogP contribution in [0.2, 0.25) is 0 Å². The van der Waals surface area contributed by atoms with Crippen LogP contribution >= 0.6 is 23.1 Å². The van der Waals surface area contributed by atoms with Crippen molar-refractivity contribution in [2.45, 2.75) is 31.5 Å². The van der Waals surface area contributed by atoms with Gasteiger partial charge in [-0.05, 0) is 30.0 Å². The fourth-order valence-corrected chi connectivity index (χ4v) is 3.34. The summed E-state index contributed by atoms with van der Waals surface area (Å²) in [6.45, 7) is 7.26. The molecule has 2 N–H and O–H groups in total. The molecule has 0 unspecified atom stereocenters. The third-order valence-corrected chi connectivity index (χ3v) is 5.05. The zero-order valence-corrected chi connectivity index (χ0v) is 15.3. The Morgan fingerprint density at radius 3 is 2.65 bits per heavy atom. The lowest BCUT2D eigenvalue weighted by atomic mass is 10.1. The number of rotatable bonds is 8. The Kier molecular flexibility index (Phi) is 6.85. The van der Waals surface area contributed by atoms with E-state index in [2.05, 4.69) is 41.6 Å². The molecule has 0 atom stereocenters. The number of aromatic nitrogens is 2. The first kappa shape index (κ1) is 17.7. The molecule has 2 aromatic rings. The maximum atomic E-state index is 12.0. The molecule has 0 saturated carbocycles. The Bertz CT molecular complexity index is 625. The van der Waals surface area contributed by atoms with Gasteiger partial charge in [0.15, 0.2) is 4.34 Å². The molecule has 0 fully saturated rings. The summed E-state index contributed by atoms with van der Waals surface area (Å²) < 4.78 is 0.799. The first-order valence-corrected chi connectivity index (χ1v) is 9.46. The molecule has 1 aromatic heterocycles. The summed E-state index contributed by atoms with van der Waals surface area (Å²) in [6, 6.07) is 7.92. The number of hydrogen-bond donors (Lipinski definition) is 2. The number of aryl methyl sites for hydroxylation is 1. The molecule has 2 rings (SSSR count). The molecular formula is C16H22N4OS2. The van der Waals surface area contributed by atoms with Crippen LogP contribution in [0.1, 0.15) is 26.3 Å². The predicted octanol–water partition coefficient (Wildman–Crippen LogP) is 3.90. The van der Waals surface area contributed by atoms with Gasteiger partial charge in [-0.15, -0.1) is 10.2 Å². The van der Waals surface area contributed by atoms with E-state index in [4.69, 9.17) is 0 Å². The van der Waals surface area contributed by atoms with E-state index in [1.807, 2.05) is 24.3 Å². The van der Waals surface area contributed by atoms with Gasteiger partial charge in [-0.1, -0.05) is 56.0 Å². The van der Waals surface area contributed by atoms with Crippen LogP contribution < -0.4 is 10.6 Å². The summed E-state index contributed by atoms with van der Waals surface area (Å²) in [6.07, 6.45) is 0.994. The highest BCUT2D eigenvalue weighted by Crippen LogP contribution is 2.25. The van der Waals surface area contributed by atoms with Gasteiger partial charge in [0.1, 0.15) is 0 Å². The number of nitrogens with zero attached hydrogens (tertiary/aromatic N) is 2. The molecule has 0 spiro atoms. The SMILES string of the molecule is CCc1ccc(NC(=O)CSc2nnc(NCC(C)C)s2)cc1. The summed E-state index contributed by atoms with van der Waals surface area (Å²) in [7, 11) is 0. The van der Waals surface area contributed by atoms with E-state index < -0.39 is 0 Å². The highest BCUT2D eigenvalue weighted by atomic mass is 32.2. The summed E-state index contributed by atoms with van der Waals surface area (Å²) in [5.41, 5.74) is 2.08. The molecule has 0 aliphatic heterocycles. The lowest BCUT2D eigenvalue weighted by molar-refractivity contribution is -0.113. The van der Waals surface area contributed by atoms with E-state index in [1.54, 1.807) is 0 Å². The average molecular weight is 351 g/mol. The third kappa shape index (κ3) is 6.19. The molecule has 23 heavy (non-hydrogen) atoms. The van der Waals surface area contributed by atoms with Crippen molar-refractivity contribution in [3.63, 3.8) is 0 Å². The van der Waals surface area contributed by atoms with E-state index in [0.717, 1.165) is 28.1 Å². The summed E-state index contributed by atoms with van der Waals surface area (Å²) in [4.78, 5) is 12.0. The average Bonchev–Trinajstić information content (AvgIpc) is 3.00. The van der Waals surface area contributed by atoms with Crippen molar-refractivity contribution in [2.75, 3.05) is 22.9 Å². The van der Waals surface area contributed by atoms with Crippen LogP contribution in [0.15, 0.2) is 28.6 Å². The van der Waals surface area contributed by atoms with Crippen molar-refractivity contribution in [1.82, 2.24) is 10.2 Å². The van der Waals surface area contributed by atoms with Crippen molar-refractivity contribution in [2.24, 2.45) is 5.92 Å². The van der Waals surface area contributed by atoms with Crippen LogP contribution in [0.25, 0.3) is 0 Å². The number of carbonyl (C=O) groups excluding carboxylic acids is 1. The zero-order chi connectivity index (χ0) is 16.7. The Hall–Kier alpha value is -1.60. The number of hydrogen-bond acceptors (Lipinski definition) is 6. The Balaban J connectivity index is 1.77. The molecule has 1 amide bonds. The Labute approximate surface area is 145 Å². The second kappa shape index (κ2) is 8.88. The number of amides is 1. The van der Waals surface area contributed by atoms with E-state index in [-0.39, 0.29) is 5.91 Å². The molecule has 0 saturated heterocycles. The van der Waals surface area contributed by atoms with Gasteiger partial charge in [-0.2, -0.15) is 0 Å². The highest BCUT2D eigenvalue weighted by molar-refractivity contribution is 8.01. The number of nitrogens with one attached hydrogen (secondary N) is 2. The number of carbonyl (C=O) groups is 1. The molecule has 124 valence electrons. The van der Waals surface area contributed by atoms with Crippen LogP contribution in [0.4, 0.5) is 10.8 Å². The van der Waals surface area contributed by atoms with Gasteiger partial charge in [-0.3, -0.25) is 4.79 Å². The molecule has 1 heterocycles. The van der Waals surface area contributed by atoms with E-state index >= 15 is 0 Å². The second-order valence-electron chi connectivity index (χ2n) is 5.54. The smallest absolute Gasteiger partial charge is 0.234 e. The zero-order valence-electron chi connectivity index (χ0n) is 13.6. The third-order valence-electron chi connectivity index (χ3n) is 3.04. The quantitative estimate of drug-likeness (QED) is 0.707. The molecule has 0 aliphatic carbocycles. The largest absolute Gasteiger partial charge is 0.360 e. The van der Waals surface area contributed by atoms with Crippen molar-refractivity contribution >= 4 is 39.8 Å². The molecular weight excluding hydrogens is 328 g/mol. The van der Waals surface area contributed by atoms with E-state index in [9.17, 15) is 4.79 Å². The van der Waals surface area contributed by atoms with Gasteiger partial charge in [0.25, 0.3) is 0 Å². The minimum absolute atomic E-state index is 0.0360. The van der Waals surface area contributed by atoms with Gasteiger partial charge in [0.05, 0.1) is 5.75 Å². The fraction of sp³-hybridized carbons (Fsp3) is 0.438. The van der Waals surface area contributed by atoms with Crippen molar-refractivity contribution < 1.29 is 4.79 Å². The molecule has 1 aromatic carbocycles. The standard InChI is InChI=1S/C16H22N4OS2/c1-4-12-5-7-13(8-6-12)18-14(21)10-22-16-20-19-15(23-16)17-9-11(2)3/h5-8,11H,4,9-10H2,1-3H3,(H,17,19)(H,18,21). The van der Waals surface area contributed by atoms with Crippen LogP contribution in [-0.4, -0.2) is 28.4 Å². The van der Waals surface area contributed by atoms with Crippen LogP contribution in [0.5, 0.6) is 0 Å². The summed E-state index contributed by atoms with van der Waals surface area (Å²) in [5.74, 6) is 0.847. The highest BCUT2D eigenvalue weighted by Gasteiger charge is 2.08. The van der Waals surface area contributed by atoms with Crippen molar-refractivity contribution in [3.05, 3.63) is 29.8 Å². The predicted molar refractivity (Wildman–Crippen MR) is 98.4 cm³/mol. The second-order valence-corrected chi connectivity index (χ2v) is 7.74. The maximum absolute atomic E-state index is 12.0. The fourth-order valence-electron chi connectivity index (χ4n) is 1.78. The first-order chi connectivity index (χ1) is 11.1. The van der Waals surface area contributed by atoms with Crippen LogP contribution in [0, 0.1) is 5.92 Å². The summed E-state index contributed by atoms with van der Waals surface area (Å²) in [5, 5.41) is 15.1. The lowest BCUT2D eigenvalue weighted by Crippen LogP contribution is -2.13. The lowest BCUT2D eigenvalue weighted by Gasteiger charge is -2.05. The normalized spacial score (nSPS) is 10.8. The van der Waals surface area contributed by atoms with Crippen molar-refractivity contribution in [1.29, 1.82) is 0 Å². The molecule has 0 bridgehead atoms. The first-order valence-electron chi connectivity index (χ1n) is 7.65. The monoisotopic (exact) mass is 350 g/mol. The van der Waals surface area contributed by atoms with Gasteiger partial charge >= 0.3 is 0 Å². The number of anilines is 2. The van der Waals surface area contributed by atoms with Crippen LogP contribution in [0.3, 0.4) is 0 Å². The van der Waals surface area contributed by atoms with Gasteiger partial charge in [0.2, 0.25) is 11.0 Å². The molecule has 0 aliphatic rings. The van der Waals surface area contributed by atoms with Crippen LogP contribution in [-0.2, 0) is 11.2 Å². The number of benzene rings is 1. The minimum atomic E-state index is -0.0360. The van der Waals surface area contributed by atoms with Gasteiger partial charge in [-0.25, -0.2) is 0 Å². The Morgan fingerprint density at radius 1 is 1.26 bits per heavy atom. The minimum Gasteiger partial charge on any atom is -0.360 e. The van der Waals surface area contributed by atoms with Crippen molar-refractivity contribution in [3.8, 4) is 0 Å². The molecule has 5 nitrogen and oxygen atoms in total. The summed E-state index contributed by atoms with van der Waals surface area (Å²) >= 11 is 2.88. The maximum Gasteiger partial charge on any atom is 0.234 e.